The number of aliphatic carboxylic acids is 1. The SMILES string of the molecule is N[C@@H](CNC(=O)c1ccc(/C(=C(/c2ccc(OC=O)cc2)c2ccc(C(=O)O)cc2)c2ccc(OC=O)cc2)cc1)C(=O)O. The summed E-state index contributed by atoms with van der Waals surface area (Å²) in [7, 11) is 0. The van der Waals surface area contributed by atoms with E-state index in [-0.39, 0.29) is 17.7 Å². The van der Waals surface area contributed by atoms with Crippen molar-refractivity contribution in [2.45, 2.75) is 6.04 Å². The van der Waals surface area contributed by atoms with E-state index in [2.05, 4.69) is 5.32 Å². The number of nitrogens with one attached hydrogen (secondary N) is 1. The van der Waals surface area contributed by atoms with E-state index in [1.807, 2.05) is 0 Å². The van der Waals surface area contributed by atoms with E-state index in [1.165, 1.54) is 12.1 Å². The van der Waals surface area contributed by atoms with E-state index >= 15 is 0 Å². The summed E-state index contributed by atoms with van der Waals surface area (Å²) in [5, 5.41) is 20.9. The molecule has 0 aromatic heterocycles. The molecule has 11 nitrogen and oxygen atoms in total. The quantitative estimate of drug-likeness (QED) is 0.132. The Morgan fingerprint density at radius 2 is 0.955 bits per heavy atom. The van der Waals surface area contributed by atoms with E-state index < -0.39 is 23.9 Å². The van der Waals surface area contributed by atoms with Gasteiger partial charge in [-0.25, -0.2) is 4.79 Å². The van der Waals surface area contributed by atoms with Gasteiger partial charge in [0.2, 0.25) is 0 Å². The summed E-state index contributed by atoms with van der Waals surface area (Å²) < 4.78 is 9.91. The van der Waals surface area contributed by atoms with Gasteiger partial charge in [0.1, 0.15) is 17.5 Å². The van der Waals surface area contributed by atoms with Gasteiger partial charge in [-0.2, -0.15) is 0 Å². The van der Waals surface area contributed by atoms with Gasteiger partial charge in [-0.1, -0.05) is 48.5 Å². The zero-order chi connectivity index (χ0) is 31.6. The topological polar surface area (TPSA) is 182 Å². The van der Waals surface area contributed by atoms with Crippen molar-refractivity contribution in [1.29, 1.82) is 0 Å². The van der Waals surface area contributed by atoms with Crippen LogP contribution in [0.5, 0.6) is 11.5 Å². The Morgan fingerprint density at radius 1 is 0.614 bits per heavy atom. The van der Waals surface area contributed by atoms with Crippen molar-refractivity contribution in [3.8, 4) is 11.5 Å². The summed E-state index contributed by atoms with van der Waals surface area (Å²) in [6, 6.07) is 25.1. The molecule has 0 aliphatic heterocycles. The minimum atomic E-state index is -1.25. The molecule has 0 unspecified atom stereocenters. The zero-order valence-electron chi connectivity index (χ0n) is 23.0. The van der Waals surface area contributed by atoms with Crippen LogP contribution in [0.25, 0.3) is 11.1 Å². The highest BCUT2D eigenvalue weighted by Gasteiger charge is 2.19. The van der Waals surface area contributed by atoms with Crippen molar-refractivity contribution < 1.29 is 43.7 Å². The molecule has 0 spiro atoms. The van der Waals surface area contributed by atoms with Crippen LogP contribution in [-0.2, 0) is 14.4 Å². The van der Waals surface area contributed by atoms with Gasteiger partial charge >= 0.3 is 11.9 Å². The van der Waals surface area contributed by atoms with Crippen LogP contribution in [-0.4, -0.2) is 53.6 Å². The fourth-order valence-corrected chi connectivity index (χ4v) is 4.38. The van der Waals surface area contributed by atoms with Crippen LogP contribution in [0.15, 0.2) is 97.1 Å². The van der Waals surface area contributed by atoms with Gasteiger partial charge in [-0.15, -0.1) is 0 Å². The Morgan fingerprint density at radius 3 is 1.30 bits per heavy atom. The molecule has 1 amide bonds. The van der Waals surface area contributed by atoms with Crippen molar-refractivity contribution in [1.82, 2.24) is 5.32 Å². The third-order valence-electron chi connectivity index (χ3n) is 6.56. The molecular weight excluding hydrogens is 568 g/mol. The summed E-state index contributed by atoms with van der Waals surface area (Å²) in [6.45, 7) is 0.381. The van der Waals surface area contributed by atoms with E-state index in [4.69, 9.17) is 20.3 Å². The number of benzene rings is 4. The van der Waals surface area contributed by atoms with E-state index in [1.54, 1.807) is 84.9 Å². The molecule has 0 fully saturated rings. The molecule has 1 atom stereocenters. The lowest BCUT2D eigenvalue weighted by Crippen LogP contribution is -2.42. The molecule has 0 saturated carbocycles. The number of nitrogens with two attached hydrogens (primary N) is 1. The predicted molar refractivity (Wildman–Crippen MR) is 159 cm³/mol. The maximum atomic E-state index is 12.7. The summed E-state index contributed by atoms with van der Waals surface area (Å²) >= 11 is 0. The average molecular weight is 595 g/mol. The lowest BCUT2D eigenvalue weighted by molar-refractivity contribution is -0.138. The van der Waals surface area contributed by atoms with Crippen LogP contribution in [0.4, 0.5) is 0 Å². The first-order valence-corrected chi connectivity index (χ1v) is 13.1. The first kappa shape index (κ1) is 30.9. The van der Waals surface area contributed by atoms with Gasteiger partial charge in [0, 0.05) is 12.1 Å². The molecule has 0 aliphatic rings. The summed E-state index contributed by atoms with van der Waals surface area (Å²) in [5.41, 5.74) is 9.91. The number of carboxylic acids is 2. The van der Waals surface area contributed by atoms with Crippen LogP contribution in [0, 0.1) is 0 Å². The normalized spacial score (nSPS) is 11.8. The van der Waals surface area contributed by atoms with Crippen LogP contribution < -0.4 is 20.5 Å². The fraction of sp³-hybridized carbons (Fsp3) is 0.0606. The average Bonchev–Trinajstić information content (AvgIpc) is 3.04. The van der Waals surface area contributed by atoms with E-state index in [0.717, 1.165) is 0 Å². The van der Waals surface area contributed by atoms with Crippen LogP contribution in [0.1, 0.15) is 43.0 Å². The number of rotatable bonds is 13. The summed E-state index contributed by atoms with van der Waals surface area (Å²) in [4.78, 5) is 57.0. The molecule has 5 N–H and O–H groups in total. The third-order valence-corrected chi connectivity index (χ3v) is 6.56. The highest BCUT2D eigenvalue weighted by atomic mass is 16.5. The maximum Gasteiger partial charge on any atom is 0.335 e. The minimum Gasteiger partial charge on any atom is -0.480 e. The molecule has 222 valence electrons. The second-order valence-corrected chi connectivity index (χ2v) is 9.34. The molecule has 0 saturated heterocycles. The van der Waals surface area contributed by atoms with E-state index in [0.29, 0.717) is 57.8 Å². The van der Waals surface area contributed by atoms with Crippen LogP contribution in [0.2, 0.25) is 0 Å². The lowest BCUT2D eigenvalue weighted by atomic mass is 9.85. The molecule has 44 heavy (non-hydrogen) atoms. The standard InChI is InChI=1S/C33H26N2O9/c34-28(33(41)42)17-35-31(38)24-5-1-20(2-6-24)29(22-9-13-26(14-10-22)43-18-36)30(21-3-7-25(8-4-21)32(39)40)23-11-15-27(16-12-23)44-19-37/h1-16,18-19,28H,17,34H2,(H,35,38)(H,39,40)(H,41,42)/b30-29-/t28-/m0/s1. The highest BCUT2D eigenvalue weighted by molar-refractivity contribution is 6.05. The Bertz CT molecular complexity index is 1690. The Labute approximate surface area is 251 Å². The second kappa shape index (κ2) is 14.2. The van der Waals surface area contributed by atoms with Crippen LogP contribution in [0.3, 0.4) is 0 Å². The van der Waals surface area contributed by atoms with Crippen molar-refractivity contribution >= 4 is 41.9 Å². The van der Waals surface area contributed by atoms with Crippen molar-refractivity contribution in [3.05, 3.63) is 130 Å². The number of carboxylic acid groups (broad SMARTS) is 2. The molecule has 4 rings (SSSR count). The number of carbonyl (C=O) groups is 5. The van der Waals surface area contributed by atoms with Gasteiger partial charge < -0.3 is 30.7 Å². The summed E-state index contributed by atoms with van der Waals surface area (Å²) in [5.74, 6) is -2.20. The third kappa shape index (κ3) is 7.41. The second-order valence-electron chi connectivity index (χ2n) is 9.34. The number of aromatic carboxylic acids is 1. The Balaban J connectivity index is 1.90. The summed E-state index contributed by atoms with van der Waals surface area (Å²) in [6.07, 6.45) is 0. The number of amides is 1. The molecule has 4 aromatic carbocycles. The number of hydrogen-bond acceptors (Lipinski definition) is 8. The van der Waals surface area contributed by atoms with Gasteiger partial charge in [0.15, 0.2) is 0 Å². The first-order chi connectivity index (χ1) is 21.2. The Hall–Kier alpha value is -6.07. The van der Waals surface area contributed by atoms with Crippen molar-refractivity contribution in [2.75, 3.05) is 6.54 Å². The Kier molecular flexibility index (Phi) is 9.97. The van der Waals surface area contributed by atoms with Crippen molar-refractivity contribution in [2.24, 2.45) is 5.73 Å². The molecular formula is C33H26N2O9. The minimum absolute atomic E-state index is 0.0951. The highest BCUT2D eigenvalue weighted by Crippen LogP contribution is 2.38. The smallest absolute Gasteiger partial charge is 0.335 e. The number of carbonyl (C=O) groups excluding carboxylic acids is 3. The number of hydrogen-bond donors (Lipinski definition) is 4. The van der Waals surface area contributed by atoms with Gasteiger partial charge in [-0.3, -0.25) is 19.2 Å². The van der Waals surface area contributed by atoms with Gasteiger partial charge in [-0.05, 0) is 81.9 Å². The molecule has 0 aliphatic carbocycles. The van der Waals surface area contributed by atoms with E-state index in [9.17, 15) is 29.1 Å². The monoisotopic (exact) mass is 594 g/mol. The molecule has 11 heteroatoms. The molecule has 4 aromatic rings. The lowest BCUT2D eigenvalue weighted by Gasteiger charge is -2.19. The predicted octanol–water partition coefficient (Wildman–Crippen LogP) is 3.60. The van der Waals surface area contributed by atoms with Crippen molar-refractivity contribution in [3.63, 3.8) is 0 Å². The molecule has 0 bridgehead atoms. The zero-order valence-corrected chi connectivity index (χ0v) is 23.0. The van der Waals surface area contributed by atoms with Crippen LogP contribution >= 0.6 is 0 Å². The van der Waals surface area contributed by atoms with Gasteiger partial charge in [0.25, 0.3) is 18.9 Å². The largest absolute Gasteiger partial charge is 0.480 e. The molecule has 0 heterocycles. The maximum absolute atomic E-state index is 12.7. The fourth-order valence-electron chi connectivity index (χ4n) is 4.38. The number of ether oxygens (including phenoxy) is 2. The first-order valence-electron chi connectivity index (χ1n) is 13.1. The van der Waals surface area contributed by atoms with Gasteiger partial charge in [0.05, 0.1) is 5.56 Å². The molecule has 0 radical (unpaired) electrons.